The van der Waals surface area contributed by atoms with Crippen LogP contribution in [0.4, 0.5) is 0 Å². The van der Waals surface area contributed by atoms with Crippen LogP contribution < -0.4 is 4.74 Å². The third kappa shape index (κ3) is 2.76. The second kappa shape index (κ2) is 5.86. The lowest BCUT2D eigenvalue weighted by Gasteiger charge is -2.32. The number of likely N-dealkylation sites (tertiary alicyclic amines) is 1. The summed E-state index contributed by atoms with van der Waals surface area (Å²) < 4.78 is 5.69. The van der Waals surface area contributed by atoms with Crippen LogP contribution >= 0.6 is 0 Å². The minimum Gasteiger partial charge on any atom is -0.496 e. The van der Waals surface area contributed by atoms with Gasteiger partial charge in [0.2, 0.25) is 0 Å². The third-order valence-corrected chi connectivity index (χ3v) is 6.12. The van der Waals surface area contributed by atoms with Gasteiger partial charge in [-0.15, -0.1) is 0 Å². The Morgan fingerprint density at radius 1 is 1.30 bits per heavy atom. The number of nitrogens with one attached hydrogen (secondary N) is 1. The fourth-order valence-electron chi connectivity index (χ4n) is 4.55. The van der Waals surface area contributed by atoms with Crippen LogP contribution in [0.3, 0.4) is 0 Å². The number of fused-ring (bicyclic) bond motifs is 1. The first-order valence-corrected chi connectivity index (χ1v) is 9.03. The van der Waals surface area contributed by atoms with E-state index in [0.717, 1.165) is 30.0 Å². The molecule has 3 heteroatoms. The molecule has 0 bridgehead atoms. The quantitative estimate of drug-likeness (QED) is 0.909. The van der Waals surface area contributed by atoms with Crippen molar-refractivity contribution in [2.75, 3.05) is 20.2 Å². The van der Waals surface area contributed by atoms with Crippen LogP contribution in [0.1, 0.15) is 37.3 Å². The molecule has 3 nitrogen and oxygen atoms in total. The minimum atomic E-state index is 0.980. The van der Waals surface area contributed by atoms with Crippen LogP contribution in [-0.2, 0) is 6.54 Å². The van der Waals surface area contributed by atoms with E-state index in [2.05, 4.69) is 35.9 Å². The summed E-state index contributed by atoms with van der Waals surface area (Å²) in [6, 6.07) is 4.37. The molecule has 1 saturated heterocycles. The van der Waals surface area contributed by atoms with Crippen molar-refractivity contribution in [2.45, 2.75) is 39.7 Å². The fraction of sp³-hybridized carbons (Fsp3) is 0.600. The Balaban J connectivity index is 1.52. The number of aryl methyl sites for hydroxylation is 1. The predicted molar refractivity (Wildman–Crippen MR) is 94.9 cm³/mol. The van der Waals surface area contributed by atoms with Crippen molar-refractivity contribution in [3.05, 3.63) is 29.5 Å². The number of rotatable bonds is 4. The van der Waals surface area contributed by atoms with Gasteiger partial charge in [-0.25, -0.2) is 0 Å². The maximum atomic E-state index is 5.69. The zero-order valence-corrected chi connectivity index (χ0v) is 14.6. The van der Waals surface area contributed by atoms with Gasteiger partial charge in [0.15, 0.2) is 0 Å². The van der Waals surface area contributed by atoms with E-state index in [1.54, 1.807) is 7.11 Å². The number of H-pyrrole nitrogens is 1. The molecule has 2 unspecified atom stereocenters. The molecular formula is C20H28N2O. The molecule has 0 amide bonds. The molecule has 2 fully saturated rings. The van der Waals surface area contributed by atoms with Crippen LogP contribution in [0.25, 0.3) is 10.9 Å². The van der Waals surface area contributed by atoms with Gasteiger partial charge in [0.05, 0.1) is 7.11 Å². The van der Waals surface area contributed by atoms with Gasteiger partial charge < -0.3 is 9.72 Å². The molecule has 124 valence electrons. The first-order chi connectivity index (χ1) is 11.2. The molecule has 1 aromatic heterocycles. The lowest BCUT2D eigenvalue weighted by molar-refractivity contribution is 0.162. The number of aromatic amines is 1. The molecule has 1 N–H and O–H groups in total. The number of benzene rings is 1. The molecule has 1 aliphatic carbocycles. The molecule has 2 heterocycles. The zero-order valence-electron chi connectivity index (χ0n) is 14.6. The Hall–Kier alpha value is -1.48. The molecule has 1 aromatic carbocycles. The van der Waals surface area contributed by atoms with E-state index in [9.17, 15) is 0 Å². The summed E-state index contributed by atoms with van der Waals surface area (Å²) in [4.78, 5) is 5.99. The maximum absolute atomic E-state index is 5.69. The zero-order chi connectivity index (χ0) is 16.0. The van der Waals surface area contributed by atoms with E-state index in [4.69, 9.17) is 4.74 Å². The van der Waals surface area contributed by atoms with Gasteiger partial charge in [-0.1, -0.05) is 6.92 Å². The number of ether oxygens (including phenoxy) is 1. The van der Waals surface area contributed by atoms with Crippen LogP contribution in [-0.4, -0.2) is 30.1 Å². The highest BCUT2D eigenvalue weighted by Crippen LogP contribution is 2.47. The van der Waals surface area contributed by atoms with Crippen LogP contribution in [0.5, 0.6) is 5.75 Å². The highest BCUT2D eigenvalue weighted by atomic mass is 16.5. The number of methoxy groups -OCH3 is 1. The summed E-state index contributed by atoms with van der Waals surface area (Å²) >= 11 is 0. The van der Waals surface area contributed by atoms with Crippen LogP contribution in [0.2, 0.25) is 0 Å². The summed E-state index contributed by atoms with van der Waals surface area (Å²) in [5, 5.41) is 1.32. The SMILES string of the molecule is COc1cc(C)c2[nH]ccc2c1CN1CCC(C2CC2C)CC1. The summed E-state index contributed by atoms with van der Waals surface area (Å²) in [7, 11) is 1.79. The van der Waals surface area contributed by atoms with E-state index in [-0.39, 0.29) is 0 Å². The van der Waals surface area contributed by atoms with Crippen molar-refractivity contribution in [1.29, 1.82) is 0 Å². The molecule has 2 atom stereocenters. The number of piperidine rings is 1. The van der Waals surface area contributed by atoms with E-state index < -0.39 is 0 Å². The molecule has 4 rings (SSSR count). The smallest absolute Gasteiger partial charge is 0.124 e. The van der Waals surface area contributed by atoms with E-state index in [1.165, 1.54) is 54.4 Å². The van der Waals surface area contributed by atoms with Gasteiger partial charge in [-0.2, -0.15) is 0 Å². The fourth-order valence-corrected chi connectivity index (χ4v) is 4.55. The normalized spacial score (nSPS) is 25.9. The van der Waals surface area contributed by atoms with Gasteiger partial charge in [-0.05, 0) is 74.7 Å². The average Bonchev–Trinajstić information content (AvgIpc) is 3.09. The highest BCUT2D eigenvalue weighted by Gasteiger charge is 2.40. The highest BCUT2D eigenvalue weighted by molar-refractivity contribution is 5.88. The second-order valence-electron chi connectivity index (χ2n) is 7.63. The van der Waals surface area contributed by atoms with E-state index in [0.29, 0.717) is 0 Å². The molecule has 2 aromatic rings. The van der Waals surface area contributed by atoms with Crippen molar-refractivity contribution in [2.24, 2.45) is 17.8 Å². The monoisotopic (exact) mass is 312 g/mol. The number of aromatic nitrogens is 1. The minimum absolute atomic E-state index is 0.980. The topological polar surface area (TPSA) is 28.3 Å². The predicted octanol–water partition coefficient (Wildman–Crippen LogP) is 4.35. The summed E-state index contributed by atoms with van der Waals surface area (Å²) in [6.45, 7) is 8.03. The van der Waals surface area contributed by atoms with E-state index in [1.807, 2.05) is 6.20 Å². The first kappa shape index (κ1) is 15.1. The molecule has 23 heavy (non-hydrogen) atoms. The van der Waals surface area contributed by atoms with Gasteiger partial charge >= 0.3 is 0 Å². The van der Waals surface area contributed by atoms with Crippen LogP contribution in [0, 0.1) is 24.7 Å². The van der Waals surface area contributed by atoms with Crippen molar-refractivity contribution < 1.29 is 4.74 Å². The molecular weight excluding hydrogens is 284 g/mol. The molecule has 1 saturated carbocycles. The van der Waals surface area contributed by atoms with Gasteiger partial charge in [0.1, 0.15) is 5.75 Å². The van der Waals surface area contributed by atoms with Crippen molar-refractivity contribution in [3.8, 4) is 5.75 Å². The number of nitrogens with zero attached hydrogens (tertiary/aromatic N) is 1. The van der Waals surface area contributed by atoms with Crippen molar-refractivity contribution in [1.82, 2.24) is 9.88 Å². The Kier molecular flexibility index (Phi) is 3.84. The van der Waals surface area contributed by atoms with Crippen LogP contribution in [0.15, 0.2) is 18.3 Å². The average molecular weight is 312 g/mol. The molecule has 2 aliphatic rings. The molecule has 0 radical (unpaired) electrons. The van der Waals surface area contributed by atoms with Crippen molar-refractivity contribution >= 4 is 10.9 Å². The molecule has 1 aliphatic heterocycles. The second-order valence-corrected chi connectivity index (χ2v) is 7.63. The Labute approximate surface area is 139 Å². The summed E-state index contributed by atoms with van der Waals surface area (Å²) in [5.41, 5.74) is 3.85. The maximum Gasteiger partial charge on any atom is 0.124 e. The Bertz CT molecular complexity index is 697. The lowest BCUT2D eigenvalue weighted by Crippen LogP contribution is -2.34. The standard InChI is InChI=1S/C20H28N2O/c1-13-10-17(13)15-5-8-22(9-6-15)12-18-16-4-7-21-20(16)14(2)11-19(18)23-3/h4,7,11,13,15,17,21H,5-6,8-10,12H2,1-3H3. The summed E-state index contributed by atoms with van der Waals surface area (Å²) in [5.74, 6) is 4.03. The Morgan fingerprint density at radius 2 is 2.04 bits per heavy atom. The Morgan fingerprint density at radius 3 is 2.70 bits per heavy atom. The van der Waals surface area contributed by atoms with Crippen molar-refractivity contribution in [3.63, 3.8) is 0 Å². The third-order valence-electron chi connectivity index (χ3n) is 6.12. The summed E-state index contributed by atoms with van der Waals surface area (Å²) in [6.07, 6.45) is 6.26. The van der Waals surface area contributed by atoms with Gasteiger partial charge in [-0.3, -0.25) is 4.90 Å². The number of hydrogen-bond acceptors (Lipinski definition) is 2. The van der Waals surface area contributed by atoms with Gasteiger partial charge in [0.25, 0.3) is 0 Å². The lowest BCUT2D eigenvalue weighted by atomic mass is 9.90. The number of hydrogen-bond donors (Lipinski definition) is 1. The first-order valence-electron chi connectivity index (χ1n) is 9.03. The largest absolute Gasteiger partial charge is 0.496 e. The van der Waals surface area contributed by atoms with E-state index >= 15 is 0 Å². The van der Waals surface area contributed by atoms with Gasteiger partial charge in [0, 0.05) is 29.2 Å². The molecule has 0 spiro atoms.